The molecule has 3 aliphatic heterocycles. The molecule has 1 aromatic heterocycles. The second-order valence-corrected chi connectivity index (χ2v) is 25.1. The molecule has 0 aliphatic carbocycles. The number of piperazine rings is 1. The number of thioether (sulfide) groups is 1. The second-order valence-electron chi connectivity index (χ2n) is 19.3. The molecule has 2 atom stereocenters. The summed E-state index contributed by atoms with van der Waals surface area (Å²) in [4.78, 5) is 21.2. The summed E-state index contributed by atoms with van der Waals surface area (Å²) in [6, 6.07) is 38.8. The number of carboxylic acid groups (broad SMARTS) is 1. The van der Waals surface area contributed by atoms with E-state index in [-0.39, 0.29) is 29.7 Å². The zero-order valence-corrected chi connectivity index (χ0v) is 44.6. The molecular formula is C55H64ClN6O7PS2. The molecule has 3 N–H and O–H groups in total. The van der Waals surface area contributed by atoms with E-state index in [1.807, 2.05) is 85.8 Å². The molecule has 72 heavy (non-hydrogen) atoms. The number of piperidine rings is 1. The Morgan fingerprint density at radius 2 is 1.49 bits per heavy atom. The smallest absolute Gasteiger partial charge is 0.338 e. The van der Waals surface area contributed by atoms with Gasteiger partial charge in [0, 0.05) is 108 Å². The van der Waals surface area contributed by atoms with Crippen LogP contribution in [0.4, 0.5) is 22.7 Å². The zero-order valence-electron chi connectivity index (χ0n) is 41.3. The van der Waals surface area contributed by atoms with Crippen molar-refractivity contribution in [3.63, 3.8) is 0 Å². The Bertz CT molecular complexity index is 3030. The number of hydrogen-bond acceptors (Lipinski definition) is 11. The third-order valence-electron chi connectivity index (χ3n) is 14.1. The molecule has 3 saturated heterocycles. The van der Waals surface area contributed by atoms with Crippen LogP contribution < -0.4 is 25.1 Å². The van der Waals surface area contributed by atoms with Gasteiger partial charge in [0.25, 0.3) is 0 Å². The minimum atomic E-state index is -3.76. The summed E-state index contributed by atoms with van der Waals surface area (Å²) in [5.41, 5.74) is 7.50. The highest BCUT2D eigenvalue weighted by Gasteiger charge is 2.41. The Kier molecular flexibility index (Phi) is 15.8. The summed E-state index contributed by atoms with van der Waals surface area (Å²) in [6.07, 6.45) is 3.20. The number of carbonyl (C=O) groups is 1. The lowest BCUT2D eigenvalue weighted by Gasteiger charge is -2.37. The number of carboxylic acids is 1. The first-order chi connectivity index (χ1) is 34.6. The highest BCUT2D eigenvalue weighted by molar-refractivity contribution is 7.99. The van der Waals surface area contributed by atoms with E-state index in [1.54, 1.807) is 28.6 Å². The van der Waals surface area contributed by atoms with Crippen molar-refractivity contribution in [2.75, 3.05) is 90.8 Å². The number of likely N-dealkylation sites (tertiary alicyclic amines) is 1. The molecule has 4 heterocycles. The second kappa shape index (κ2) is 22.1. The van der Waals surface area contributed by atoms with Gasteiger partial charge in [-0.15, -0.1) is 11.8 Å². The van der Waals surface area contributed by atoms with Crippen LogP contribution in [0.15, 0.2) is 131 Å². The predicted molar refractivity (Wildman–Crippen MR) is 294 cm³/mol. The van der Waals surface area contributed by atoms with Gasteiger partial charge in [-0.3, -0.25) is 9.24 Å². The number of aliphatic hydroxyl groups is 1. The van der Waals surface area contributed by atoms with E-state index in [2.05, 4.69) is 62.7 Å². The van der Waals surface area contributed by atoms with Gasteiger partial charge in [0.05, 0.1) is 46.4 Å². The summed E-state index contributed by atoms with van der Waals surface area (Å²) >= 11 is 8.00. The molecule has 17 heteroatoms. The summed E-state index contributed by atoms with van der Waals surface area (Å²) in [6.45, 7) is 12.1. The summed E-state index contributed by atoms with van der Waals surface area (Å²) in [5, 5.41) is 25.2. The fourth-order valence-corrected chi connectivity index (χ4v) is 14.7. The van der Waals surface area contributed by atoms with Crippen LogP contribution in [0.5, 0.6) is 0 Å². The Morgan fingerprint density at radius 3 is 2.14 bits per heavy atom. The Labute approximate surface area is 433 Å². The van der Waals surface area contributed by atoms with Crippen LogP contribution in [0.2, 0.25) is 5.02 Å². The fraction of sp³-hybridized carbons (Fsp3) is 0.364. The quantitative estimate of drug-likeness (QED) is 0.0589. The minimum absolute atomic E-state index is 0.0173. The standard InChI is InChI=1S/C55H64ClN6O7PS2/c1-38(2)62-39(3)52(55(64)65)53(54(62)40-13-15-42(56)16-14-40)41-9-8-10-46(35-41)60-31-29-59(30-32-60)44-17-19-45(20-18-44)61-33-34-69-70(61,66)48-21-22-50(51(36-48)72(4,67)68)57-43(37-71-49-11-6-5-7-12-49)23-26-58-27-24-47(63)25-28-58/h5-22,35-36,38,43,47,57,63H,23-34,37H2,1-4H3,(H,64,65)/t43-,70?/m1/s1. The van der Waals surface area contributed by atoms with Crippen LogP contribution in [0.3, 0.4) is 0 Å². The van der Waals surface area contributed by atoms with Crippen molar-refractivity contribution in [2.24, 2.45) is 0 Å². The topological polar surface area (TPSA) is 148 Å². The van der Waals surface area contributed by atoms with E-state index in [1.165, 1.54) is 12.3 Å². The lowest BCUT2D eigenvalue weighted by Crippen LogP contribution is -2.46. The average molecular weight is 1050 g/mol. The molecule has 3 aliphatic rings. The molecular weight excluding hydrogens is 987 g/mol. The van der Waals surface area contributed by atoms with E-state index in [4.69, 9.17) is 16.1 Å². The van der Waals surface area contributed by atoms with Crippen LogP contribution in [0.1, 0.15) is 55.2 Å². The zero-order chi connectivity index (χ0) is 50.7. The van der Waals surface area contributed by atoms with Gasteiger partial charge in [0.15, 0.2) is 9.84 Å². The van der Waals surface area contributed by atoms with Gasteiger partial charge in [-0.25, -0.2) is 13.2 Å². The first-order valence-electron chi connectivity index (χ1n) is 24.7. The van der Waals surface area contributed by atoms with Gasteiger partial charge in [-0.1, -0.05) is 54.1 Å². The van der Waals surface area contributed by atoms with Crippen LogP contribution in [-0.2, 0) is 18.9 Å². The molecule has 3 fully saturated rings. The third-order valence-corrected chi connectivity index (χ3v) is 19.2. The number of nitrogens with zero attached hydrogens (tertiary/aromatic N) is 5. The molecule has 1 unspecified atom stereocenters. The fourth-order valence-electron chi connectivity index (χ4n) is 10.4. The number of rotatable bonds is 17. The van der Waals surface area contributed by atoms with Gasteiger partial charge in [-0.2, -0.15) is 0 Å². The Morgan fingerprint density at radius 1 is 0.819 bits per heavy atom. The number of hydrogen-bond donors (Lipinski definition) is 3. The molecule has 380 valence electrons. The van der Waals surface area contributed by atoms with Gasteiger partial charge in [-0.05, 0) is 130 Å². The van der Waals surface area contributed by atoms with E-state index in [9.17, 15) is 23.4 Å². The van der Waals surface area contributed by atoms with Crippen LogP contribution in [-0.4, -0.2) is 117 Å². The van der Waals surface area contributed by atoms with Crippen molar-refractivity contribution in [2.45, 2.75) is 68.0 Å². The molecule has 0 radical (unpaired) electrons. The molecule has 0 spiro atoms. The highest BCUT2D eigenvalue weighted by atomic mass is 35.5. The maximum Gasteiger partial charge on any atom is 0.338 e. The van der Waals surface area contributed by atoms with E-state index in [0.29, 0.717) is 45.1 Å². The number of benzene rings is 5. The first kappa shape index (κ1) is 51.6. The molecule has 9 rings (SSSR count). The minimum Gasteiger partial charge on any atom is -0.478 e. The molecule has 0 amide bonds. The van der Waals surface area contributed by atoms with Crippen LogP contribution in [0.25, 0.3) is 22.4 Å². The third kappa shape index (κ3) is 11.3. The monoisotopic (exact) mass is 1050 g/mol. The number of nitrogens with one attached hydrogen (secondary N) is 1. The van der Waals surface area contributed by atoms with E-state index in [0.717, 1.165) is 104 Å². The van der Waals surface area contributed by atoms with Crippen LogP contribution in [0, 0.1) is 6.92 Å². The maximum absolute atomic E-state index is 15.0. The average Bonchev–Trinajstić information content (AvgIpc) is 3.93. The number of aromatic nitrogens is 1. The van der Waals surface area contributed by atoms with E-state index >= 15 is 4.57 Å². The number of halogens is 1. The van der Waals surface area contributed by atoms with Gasteiger partial charge >= 0.3 is 13.5 Å². The summed E-state index contributed by atoms with van der Waals surface area (Å²) in [5.74, 6) is -0.259. The van der Waals surface area contributed by atoms with Crippen molar-refractivity contribution in [1.29, 1.82) is 0 Å². The lowest BCUT2D eigenvalue weighted by molar-refractivity contribution is 0.0696. The van der Waals surface area contributed by atoms with Gasteiger partial charge < -0.3 is 39.3 Å². The molecule has 0 bridgehead atoms. The number of sulfone groups is 1. The molecule has 13 nitrogen and oxygen atoms in total. The molecule has 5 aromatic carbocycles. The van der Waals surface area contributed by atoms with E-state index < -0.39 is 23.3 Å². The van der Waals surface area contributed by atoms with Crippen molar-refractivity contribution < 1.29 is 32.5 Å². The van der Waals surface area contributed by atoms with Crippen molar-refractivity contribution in [3.8, 4) is 22.4 Å². The maximum atomic E-state index is 15.0. The Balaban J connectivity index is 0.896. The summed E-state index contributed by atoms with van der Waals surface area (Å²) < 4.78 is 52.0. The van der Waals surface area contributed by atoms with Crippen molar-refractivity contribution in [3.05, 3.63) is 138 Å². The van der Waals surface area contributed by atoms with Crippen molar-refractivity contribution >= 4 is 74.7 Å². The van der Waals surface area contributed by atoms with Crippen LogP contribution >= 0.6 is 30.9 Å². The number of anilines is 4. The molecule has 0 saturated carbocycles. The Hall–Kier alpha value is -5.25. The first-order valence-corrected chi connectivity index (χ1v) is 29.6. The van der Waals surface area contributed by atoms with Gasteiger partial charge in [0.2, 0.25) is 0 Å². The number of aromatic carboxylic acids is 1. The highest BCUT2D eigenvalue weighted by Crippen LogP contribution is 2.56. The summed E-state index contributed by atoms with van der Waals surface area (Å²) in [7, 11) is -7.46. The predicted octanol–water partition coefficient (Wildman–Crippen LogP) is 10.6. The number of aliphatic hydroxyl groups excluding tert-OH is 1. The lowest BCUT2D eigenvalue weighted by atomic mass is 9.96. The van der Waals surface area contributed by atoms with Gasteiger partial charge in [0.1, 0.15) is 0 Å². The SMILES string of the molecule is Cc1c(C(=O)O)c(-c2cccc(N3CCN(c4ccc(N5CCOP5(=O)c5ccc(N[C@H](CCN6CCC(O)CC6)CSc6ccccc6)c(S(C)(=O)=O)c5)cc4)CC3)c2)c(-c2ccc(Cl)cc2)n1C(C)C. The van der Waals surface area contributed by atoms with Crippen molar-refractivity contribution in [1.82, 2.24) is 9.47 Å². The largest absolute Gasteiger partial charge is 0.478 e. The molecule has 6 aromatic rings. The normalized spacial score (nSPS) is 18.5.